The predicted octanol–water partition coefficient (Wildman–Crippen LogP) is 3.15. The van der Waals surface area contributed by atoms with Crippen LogP contribution in [-0.4, -0.2) is 28.9 Å². The Labute approximate surface area is 127 Å². The van der Waals surface area contributed by atoms with Crippen LogP contribution in [-0.2, 0) is 16.1 Å². The summed E-state index contributed by atoms with van der Waals surface area (Å²) in [5, 5.41) is 9.28. The Kier molecular flexibility index (Phi) is 5.34. The molecule has 0 aliphatic carbocycles. The van der Waals surface area contributed by atoms with E-state index in [2.05, 4.69) is 15.9 Å². The number of carboxylic acids is 1. The van der Waals surface area contributed by atoms with Crippen molar-refractivity contribution in [3.05, 3.63) is 34.3 Å². The van der Waals surface area contributed by atoms with Gasteiger partial charge in [0, 0.05) is 18.1 Å². The second-order valence-corrected chi connectivity index (χ2v) is 6.88. The lowest BCUT2D eigenvalue weighted by molar-refractivity contribution is -0.155. The van der Waals surface area contributed by atoms with Gasteiger partial charge in [-0.05, 0) is 23.1 Å². The van der Waals surface area contributed by atoms with E-state index in [9.17, 15) is 14.7 Å². The Bertz CT molecular complexity index is 508. The number of aliphatic carboxylic acids is 1. The molecule has 1 rings (SSSR count). The van der Waals surface area contributed by atoms with Crippen molar-refractivity contribution < 1.29 is 14.7 Å². The topological polar surface area (TPSA) is 57.6 Å². The number of rotatable bonds is 4. The predicted molar refractivity (Wildman–Crippen MR) is 81.2 cm³/mol. The lowest BCUT2D eigenvalue weighted by atomic mass is 9.80. The highest BCUT2D eigenvalue weighted by Crippen LogP contribution is 2.28. The number of carbonyl (C=O) groups is 2. The summed E-state index contributed by atoms with van der Waals surface area (Å²) in [6, 6.07) is 7.61. The molecule has 0 saturated carbocycles. The maximum atomic E-state index is 12.4. The van der Waals surface area contributed by atoms with Gasteiger partial charge in [-0.2, -0.15) is 0 Å². The van der Waals surface area contributed by atoms with Crippen LogP contribution in [0.15, 0.2) is 28.7 Å². The summed E-state index contributed by atoms with van der Waals surface area (Å²) in [5.41, 5.74) is 0.335. The molecule has 1 amide bonds. The minimum atomic E-state index is -1.08. The molecule has 1 unspecified atom stereocenters. The first-order valence-electron chi connectivity index (χ1n) is 6.35. The lowest BCUT2D eigenvalue weighted by Gasteiger charge is -2.30. The Balaban J connectivity index is 2.88. The van der Waals surface area contributed by atoms with E-state index in [-0.39, 0.29) is 5.91 Å². The van der Waals surface area contributed by atoms with Crippen LogP contribution in [0.25, 0.3) is 0 Å². The van der Waals surface area contributed by atoms with Crippen LogP contribution in [0, 0.1) is 11.3 Å². The highest BCUT2D eigenvalue weighted by atomic mass is 79.9. The molecule has 0 bridgehead atoms. The molecule has 1 aromatic rings. The first kappa shape index (κ1) is 16.7. The standard InChI is InChI=1S/C15H20BrNO3/c1-15(2,3)12(14(19)20)13(18)17(4)9-10-6-5-7-11(16)8-10/h5-8,12H,9H2,1-4H3,(H,19,20). The molecule has 0 aliphatic heterocycles. The first-order chi connectivity index (χ1) is 9.12. The summed E-state index contributed by atoms with van der Waals surface area (Å²) in [6.07, 6.45) is 0. The maximum Gasteiger partial charge on any atom is 0.316 e. The summed E-state index contributed by atoms with van der Waals surface area (Å²) in [5.74, 6) is -2.49. The molecule has 0 radical (unpaired) electrons. The van der Waals surface area contributed by atoms with E-state index in [1.807, 2.05) is 24.3 Å². The fourth-order valence-corrected chi connectivity index (χ4v) is 2.50. The molecule has 0 aromatic heterocycles. The van der Waals surface area contributed by atoms with Crippen molar-refractivity contribution in [3.8, 4) is 0 Å². The monoisotopic (exact) mass is 341 g/mol. The van der Waals surface area contributed by atoms with Crippen molar-refractivity contribution >= 4 is 27.8 Å². The molecule has 0 saturated heterocycles. The van der Waals surface area contributed by atoms with Gasteiger partial charge in [0.25, 0.3) is 0 Å². The molecule has 20 heavy (non-hydrogen) atoms. The normalized spacial score (nSPS) is 12.8. The maximum absolute atomic E-state index is 12.4. The largest absolute Gasteiger partial charge is 0.481 e. The van der Waals surface area contributed by atoms with Crippen LogP contribution in [0.1, 0.15) is 26.3 Å². The van der Waals surface area contributed by atoms with E-state index in [0.717, 1.165) is 10.0 Å². The van der Waals surface area contributed by atoms with Gasteiger partial charge in [0.1, 0.15) is 5.92 Å². The summed E-state index contributed by atoms with van der Waals surface area (Å²) in [6.45, 7) is 5.67. The second kappa shape index (κ2) is 6.39. The number of benzene rings is 1. The molecule has 1 atom stereocenters. The third kappa shape index (κ3) is 4.34. The molecular formula is C15H20BrNO3. The second-order valence-electron chi connectivity index (χ2n) is 5.96. The molecule has 0 aliphatic rings. The van der Waals surface area contributed by atoms with Gasteiger partial charge in [0.2, 0.25) is 5.91 Å². The third-order valence-electron chi connectivity index (χ3n) is 3.04. The van der Waals surface area contributed by atoms with E-state index >= 15 is 0 Å². The smallest absolute Gasteiger partial charge is 0.316 e. The minimum Gasteiger partial charge on any atom is -0.481 e. The quantitative estimate of drug-likeness (QED) is 0.855. The summed E-state index contributed by atoms with van der Waals surface area (Å²) in [4.78, 5) is 25.2. The van der Waals surface area contributed by atoms with Gasteiger partial charge in [-0.3, -0.25) is 9.59 Å². The number of hydrogen-bond donors (Lipinski definition) is 1. The molecule has 0 fully saturated rings. The number of carbonyl (C=O) groups excluding carboxylic acids is 1. The van der Waals surface area contributed by atoms with Gasteiger partial charge in [0.15, 0.2) is 0 Å². The number of hydrogen-bond acceptors (Lipinski definition) is 2. The van der Waals surface area contributed by atoms with Gasteiger partial charge >= 0.3 is 5.97 Å². The van der Waals surface area contributed by atoms with Gasteiger partial charge in [-0.1, -0.05) is 48.8 Å². The number of carboxylic acid groups (broad SMARTS) is 1. The van der Waals surface area contributed by atoms with Crippen LogP contribution < -0.4 is 0 Å². The molecule has 4 nitrogen and oxygen atoms in total. The average molecular weight is 342 g/mol. The minimum absolute atomic E-state index is 0.370. The van der Waals surface area contributed by atoms with E-state index < -0.39 is 17.3 Å². The van der Waals surface area contributed by atoms with Gasteiger partial charge < -0.3 is 10.0 Å². The van der Waals surface area contributed by atoms with Crippen LogP contribution in [0.4, 0.5) is 0 Å². The van der Waals surface area contributed by atoms with Crippen molar-refractivity contribution in [1.82, 2.24) is 4.90 Å². The van der Waals surface area contributed by atoms with E-state index in [1.165, 1.54) is 4.90 Å². The Morgan fingerprint density at radius 2 is 1.95 bits per heavy atom. The highest BCUT2D eigenvalue weighted by molar-refractivity contribution is 9.10. The SMILES string of the molecule is CN(Cc1cccc(Br)c1)C(=O)C(C(=O)O)C(C)(C)C. The van der Waals surface area contributed by atoms with E-state index in [0.29, 0.717) is 6.54 Å². The number of nitrogens with zero attached hydrogens (tertiary/aromatic N) is 1. The molecule has 110 valence electrons. The number of halogens is 1. The highest BCUT2D eigenvalue weighted by Gasteiger charge is 2.39. The average Bonchev–Trinajstić information content (AvgIpc) is 2.26. The van der Waals surface area contributed by atoms with Crippen molar-refractivity contribution in [2.24, 2.45) is 11.3 Å². The summed E-state index contributed by atoms with van der Waals surface area (Å²) in [7, 11) is 1.63. The van der Waals surface area contributed by atoms with Crippen LogP contribution in [0.3, 0.4) is 0 Å². The molecule has 1 N–H and O–H groups in total. The van der Waals surface area contributed by atoms with E-state index in [4.69, 9.17) is 0 Å². The molecule has 1 aromatic carbocycles. The van der Waals surface area contributed by atoms with Gasteiger partial charge in [-0.15, -0.1) is 0 Å². The molecule has 0 heterocycles. The summed E-state index contributed by atoms with van der Waals surface area (Å²) >= 11 is 3.38. The fourth-order valence-electron chi connectivity index (χ4n) is 2.05. The molecule has 0 spiro atoms. The van der Waals surface area contributed by atoms with Crippen LogP contribution >= 0.6 is 15.9 Å². The van der Waals surface area contributed by atoms with Gasteiger partial charge in [0.05, 0.1) is 0 Å². The summed E-state index contributed by atoms with van der Waals surface area (Å²) < 4.78 is 0.932. The van der Waals surface area contributed by atoms with E-state index in [1.54, 1.807) is 27.8 Å². The zero-order chi connectivity index (χ0) is 15.5. The third-order valence-corrected chi connectivity index (χ3v) is 3.54. The van der Waals surface area contributed by atoms with Crippen molar-refractivity contribution in [1.29, 1.82) is 0 Å². The van der Waals surface area contributed by atoms with Crippen molar-refractivity contribution in [3.63, 3.8) is 0 Å². The van der Waals surface area contributed by atoms with Crippen LogP contribution in [0.2, 0.25) is 0 Å². The Morgan fingerprint density at radius 1 is 1.35 bits per heavy atom. The van der Waals surface area contributed by atoms with Crippen LogP contribution in [0.5, 0.6) is 0 Å². The Morgan fingerprint density at radius 3 is 2.40 bits per heavy atom. The zero-order valence-corrected chi connectivity index (χ0v) is 13.8. The molecular weight excluding hydrogens is 322 g/mol. The zero-order valence-electron chi connectivity index (χ0n) is 12.2. The van der Waals surface area contributed by atoms with Crippen molar-refractivity contribution in [2.75, 3.05) is 7.05 Å². The Hall–Kier alpha value is -1.36. The fraction of sp³-hybridized carbons (Fsp3) is 0.467. The van der Waals surface area contributed by atoms with Gasteiger partial charge in [-0.25, -0.2) is 0 Å². The first-order valence-corrected chi connectivity index (χ1v) is 7.14. The van der Waals surface area contributed by atoms with Crippen molar-refractivity contribution in [2.45, 2.75) is 27.3 Å². The lowest BCUT2D eigenvalue weighted by Crippen LogP contribution is -2.43. The number of amides is 1. The molecule has 5 heteroatoms.